The largest absolute Gasteiger partial charge is 0.341 e. The molecular formula is C25H35N5. The molecule has 0 atom stereocenters. The van der Waals surface area contributed by atoms with Crippen molar-refractivity contribution in [1.82, 2.24) is 24.7 Å². The summed E-state index contributed by atoms with van der Waals surface area (Å²) in [4.78, 5) is 15.7. The monoisotopic (exact) mass is 405 g/mol. The van der Waals surface area contributed by atoms with E-state index in [9.17, 15) is 0 Å². The Labute approximate surface area is 180 Å². The number of likely N-dealkylation sites (N-methyl/N-ethyl adjacent to an activating group) is 1. The van der Waals surface area contributed by atoms with Crippen LogP contribution in [0, 0.1) is 20.8 Å². The van der Waals surface area contributed by atoms with Crippen molar-refractivity contribution in [2.24, 2.45) is 0 Å². The van der Waals surface area contributed by atoms with Crippen LogP contribution in [0.5, 0.6) is 0 Å². The Hall–Kier alpha value is -2.21. The van der Waals surface area contributed by atoms with E-state index in [1.165, 1.54) is 27.8 Å². The first-order valence-corrected chi connectivity index (χ1v) is 11.0. The number of nitrogens with one attached hydrogen (secondary N) is 1. The number of aromatic amines is 1. The predicted octanol–water partition coefficient (Wildman–Crippen LogP) is 3.87. The molecule has 0 saturated carbocycles. The van der Waals surface area contributed by atoms with Gasteiger partial charge in [0.1, 0.15) is 5.82 Å². The van der Waals surface area contributed by atoms with Crippen LogP contribution in [-0.4, -0.2) is 64.9 Å². The van der Waals surface area contributed by atoms with Crippen LogP contribution in [0.3, 0.4) is 0 Å². The lowest BCUT2D eigenvalue weighted by atomic mass is 9.98. The lowest BCUT2D eigenvalue weighted by Gasteiger charge is -2.33. The van der Waals surface area contributed by atoms with Gasteiger partial charge in [0.2, 0.25) is 0 Å². The van der Waals surface area contributed by atoms with Crippen LogP contribution < -0.4 is 0 Å². The number of para-hydroxylation sites is 1. The van der Waals surface area contributed by atoms with Gasteiger partial charge in [-0.3, -0.25) is 9.80 Å². The van der Waals surface area contributed by atoms with Gasteiger partial charge in [-0.15, -0.1) is 0 Å². The van der Waals surface area contributed by atoms with Crippen LogP contribution in [0.15, 0.2) is 30.3 Å². The van der Waals surface area contributed by atoms with Gasteiger partial charge in [0, 0.05) is 39.3 Å². The predicted molar refractivity (Wildman–Crippen MR) is 125 cm³/mol. The molecule has 1 N–H and O–H groups in total. The third-order valence-corrected chi connectivity index (χ3v) is 6.38. The van der Waals surface area contributed by atoms with Gasteiger partial charge in [0.15, 0.2) is 0 Å². The first kappa shape index (κ1) is 21.0. The maximum atomic E-state index is 4.83. The molecule has 2 aromatic carbocycles. The number of fused-ring (bicyclic) bond motifs is 1. The van der Waals surface area contributed by atoms with Gasteiger partial charge in [-0.25, -0.2) is 4.98 Å². The minimum atomic E-state index is 0.815. The number of benzene rings is 2. The second-order valence-corrected chi connectivity index (χ2v) is 9.11. The fourth-order valence-corrected chi connectivity index (χ4v) is 4.49. The molecule has 1 aliphatic rings. The molecule has 1 fully saturated rings. The zero-order valence-electron chi connectivity index (χ0n) is 19.1. The molecule has 1 aliphatic heterocycles. The smallest absolute Gasteiger partial charge is 0.121 e. The number of imidazole rings is 1. The average Bonchev–Trinajstić information content (AvgIpc) is 3.11. The molecule has 4 rings (SSSR count). The van der Waals surface area contributed by atoms with Crippen molar-refractivity contribution in [2.45, 2.75) is 40.4 Å². The molecular weight excluding hydrogens is 370 g/mol. The van der Waals surface area contributed by atoms with Crippen LogP contribution in [-0.2, 0) is 19.6 Å². The van der Waals surface area contributed by atoms with Crippen LogP contribution >= 0.6 is 0 Å². The third-order valence-electron chi connectivity index (χ3n) is 6.38. The molecule has 5 nitrogen and oxygen atoms in total. The molecule has 1 aromatic heterocycles. The minimum absolute atomic E-state index is 0.815. The van der Waals surface area contributed by atoms with Crippen LogP contribution in [0.2, 0.25) is 0 Å². The number of nitrogens with zero attached hydrogens (tertiary/aromatic N) is 4. The van der Waals surface area contributed by atoms with Crippen LogP contribution in [0.4, 0.5) is 0 Å². The van der Waals surface area contributed by atoms with Gasteiger partial charge >= 0.3 is 0 Å². The van der Waals surface area contributed by atoms with Crippen molar-refractivity contribution in [2.75, 3.05) is 40.3 Å². The van der Waals surface area contributed by atoms with Crippen molar-refractivity contribution in [1.29, 1.82) is 0 Å². The molecule has 3 aromatic rings. The highest BCUT2D eigenvalue weighted by atomic mass is 15.2. The molecule has 1 saturated heterocycles. The van der Waals surface area contributed by atoms with Gasteiger partial charge in [-0.2, -0.15) is 0 Å². The number of piperazine rings is 1. The molecule has 0 amide bonds. The van der Waals surface area contributed by atoms with Gasteiger partial charge in [-0.1, -0.05) is 29.8 Å². The molecule has 160 valence electrons. The highest BCUT2D eigenvalue weighted by molar-refractivity contribution is 5.78. The molecule has 0 spiro atoms. The zero-order chi connectivity index (χ0) is 21.3. The van der Waals surface area contributed by atoms with Crippen molar-refractivity contribution in [3.8, 4) is 0 Å². The van der Waals surface area contributed by atoms with Crippen LogP contribution in [0.1, 0.15) is 33.6 Å². The fourth-order valence-electron chi connectivity index (χ4n) is 4.49. The van der Waals surface area contributed by atoms with Gasteiger partial charge in [-0.05, 0) is 63.2 Å². The summed E-state index contributed by atoms with van der Waals surface area (Å²) in [6, 6.07) is 11.0. The van der Waals surface area contributed by atoms with E-state index in [2.05, 4.69) is 84.9 Å². The van der Waals surface area contributed by atoms with E-state index in [0.717, 1.165) is 62.7 Å². The summed E-state index contributed by atoms with van der Waals surface area (Å²) in [6.45, 7) is 14.1. The summed E-state index contributed by atoms with van der Waals surface area (Å²) in [6.07, 6.45) is 0. The van der Waals surface area contributed by atoms with Crippen LogP contribution in [0.25, 0.3) is 11.0 Å². The summed E-state index contributed by atoms with van der Waals surface area (Å²) >= 11 is 0. The zero-order valence-corrected chi connectivity index (χ0v) is 19.1. The van der Waals surface area contributed by atoms with E-state index in [0.29, 0.717) is 0 Å². The fraction of sp³-hybridized carbons (Fsp3) is 0.480. The highest BCUT2D eigenvalue weighted by Crippen LogP contribution is 2.22. The molecule has 0 bridgehead atoms. The van der Waals surface area contributed by atoms with E-state index in [4.69, 9.17) is 4.98 Å². The summed E-state index contributed by atoms with van der Waals surface area (Å²) in [7, 11) is 4.40. The van der Waals surface area contributed by atoms with Crippen molar-refractivity contribution < 1.29 is 0 Å². The van der Waals surface area contributed by atoms with E-state index in [-0.39, 0.29) is 0 Å². The quantitative estimate of drug-likeness (QED) is 0.676. The number of hydrogen-bond acceptors (Lipinski definition) is 4. The Morgan fingerprint density at radius 2 is 1.73 bits per heavy atom. The summed E-state index contributed by atoms with van der Waals surface area (Å²) in [5.74, 6) is 1.03. The second kappa shape index (κ2) is 8.88. The first-order chi connectivity index (χ1) is 14.4. The molecule has 0 unspecified atom stereocenters. The number of hydrogen-bond donors (Lipinski definition) is 1. The normalized spacial score (nSPS) is 16.1. The first-order valence-electron chi connectivity index (χ1n) is 11.0. The van der Waals surface area contributed by atoms with E-state index >= 15 is 0 Å². The molecule has 5 heteroatoms. The molecule has 0 radical (unpaired) electrons. The maximum Gasteiger partial charge on any atom is 0.121 e. The maximum absolute atomic E-state index is 4.83. The number of aryl methyl sites for hydroxylation is 2. The summed E-state index contributed by atoms with van der Waals surface area (Å²) in [5, 5.41) is 0. The van der Waals surface area contributed by atoms with Gasteiger partial charge in [0.25, 0.3) is 0 Å². The number of rotatable bonds is 6. The molecule has 30 heavy (non-hydrogen) atoms. The Balaban J connectivity index is 1.46. The van der Waals surface area contributed by atoms with Gasteiger partial charge < -0.3 is 9.88 Å². The van der Waals surface area contributed by atoms with Gasteiger partial charge in [0.05, 0.1) is 17.6 Å². The van der Waals surface area contributed by atoms with Crippen molar-refractivity contribution in [3.05, 3.63) is 64.0 Å². The third kappa shape index (κ3) is 4.75. The van der Waals surface area contributed by atoms with Crippen molar-refractivity contribution in [3.63, 3.8) is 0 Å². The van der Waals surface area contributed by atoms with E-state index < -0.39 is 0 Å². The standard InChI is InChI=1S/C25H35N5/c1-18-13-21(20(3)22(14-18)16-30-11-9-28(4)10-12-30)15-29(5)17-24-26-23-8-6-7-19(2)25(23)27-24/h6-8,13-14H,9-12,15-17H2,1-5H3,(H,26,27). The summed E-state index contributed by atoms with van der Waals surface area (Å²) < 4.78 is 0. The van der Waals surface area contributed by atoms with Crippen molar-refractivity contribution >= 4 is 11.0 Å². The Bertz CT molecular complexity index is 1010. The topological polar surface area (TPSA) is 38.4 Å². The number of H-pyrrole nitrogens is 1. The lowest BCUT2D eigenvalue weighted by Crippen LogP contribution is -2.44. The summed E-state index contributed by atoms with van der Waals surface area (Å²) in [5.41, 5.74) is 9.12. The minimum Gasteiger partial charge on any atom is -0.341 e. The number of aromatic nitrogens is 2. The van der Waals surface area contributed by atoms with E-state index in [1.54, 1.807) is 0 Å². The molecule has 0 aliphatic carbocycles. The highest BCUT2D eigenvalue weighted by Gasteiger charge is 2.17. The molecule has 2 heterocycles. The average molecular weight is 406 g/mol. The Morgan fingerprint density at radius 1 is 1.00 bits per heavy atom. The lowest BCUT2D eigenvalue weighted by molar-refractivity contribution is 0.148. The Kier molecular flexibility index (Phi) is 6.23. The van der Waals surface area contributed by atoms with E-state index in [1.807, 2.05) is 0 Å². The Morgan fingerprint density at radius 3 is 2.47 bits per heavy atom. The SMILES string of the molecule is Cc1cc(CN(C)Cc2nc3c(C)cccc3[nH]2)c(C)c(CN2CCN(C)CC2)c1. The second-order valence-electron chi connectivity index (χ2n) is 9.11.